The van der Waals surface area contributed by atoms with Crippen molar-refractivity contribution in [2.75, 3.05) is 12.5 Å². The standard InChI is InChI=1S/C6H7BrCl2O2/c1-2-11-6(9)5(7)4(10)3-8/h2-3H2,1H3/b6-5+. The van der Waals surface area contributed by atoms with Gasteiger partial charge < -0.3 is 4.74 Å². The minimum Gasteiger partial charge on any atom is -0.482 e. The van der Waals surface area contributed by atoms with Gasteiger partial charge in [0.05, 0.1) is 12.5 Å². The van der Waals surface area contributed by atoms with E-state index >= 15 is 0 Å². The fraction of sp³-hybridized carbons (Fsp3) is 0.500. The van der Waals surface area contributed by atoms with Gasteiger partial charge in [0.2, 0.25) is 5.22 Å². The fourth-order valence-corrected chi connectivity index (χ4v) is 1.12. The van der Waals surface area contributed by atoms with Crippen LogP contribution in [0.15, 0.2) is 9.70 Å². The van der Waals surface area contributed by atoms with Gasteiger partial charge in [-0.05, 0) is 34.5 Å². The molecule has 0 saturated carbocycles. The van der Waals surface area contributed by atoms with Crippen LogP contribution in [0.3, 0.4) is 0 Å². The van der Waals surface area contributed by atoms with E-state index < -0.39 is 0 Å². The van der Waals surface area contributed by atoms with Crippen LogP contribution in [0.25, 0.3) is 0 Å². The SMILES string of the molecule is CCO/C(Cl)=C(/Br)C(=O)CCl. The van der Waals surface area contributed by atoms with Crippen molar-refractivity contribution in [3.05, 3.63) is 9.70 Å². The van der Waals surface area contributed by atoms with Crippen LogP contribution < -0.4 is 0 Å². The molecule has 0 amide bonds. The van der Waals surface area contributed by atoms with Gasteiger partial charge in [0.25, 0.3) is 0 Å². The zero-order valence-electron chi connectivity index (χ0n) is 5.86. The Morgan fingerprint density at radius 1 is 1.64 bits per heavy atom. The summed E-state index contributed by atoms with van der Waals surface area (Å²) in [5.41, 5.74) is 0. The fourth-order valence-electron chi connectivity index (χ4n) is 0.358. The number of alkyl halides is 1. The van der Waals surface area contributed by atoms with Gasteiger partial charge in [0.15, 0.2) is 5.78 Å². The Kier molecular flexibility index (Phi) is 6.01. The van der Waals surface area contributed by atoms with Crippen molar-refractivity contribution in [2.45, 2.75) is 6.92 Å². The third kappa shape index (κ3) is 3.99. The predicted molar refractivity (Wildman–Crippen MR) is 49.2 cm³/mol. The largest absolute Gasteiger partial charge is 0.482 e. The van der Waals surface area contributed by atoms with E-state index in [-0.39, 0.29) is 21.4 Å². The molecule has 0 heterocycles. The molecular weight excluding hydrogens is 255 g/mol. The van der Waals surface area contributed by atoms with Gasteiger partial charge in [-0.25, -0.2) is 0 Å². The maximum absolute atomic E-state index is 10.8. The molecule has 0 aromatic carbocycles. The van der Waals surface area contributed by atoms with E-state index in [1.54, 1.807) is 6.92 Å². The Morgan fingerprint density at radius 2 is 2.18 bits per heavy atom. The van der Waals surface area contributed by atoms with Crippen LogP contribution in [0.5, 0.6) is 0 Å². The molecule has 2 nitrogen and oxygen atoms in total. The van der Waals surface area contributed by atoms with Gasteiger partial charge in [-0.3, -0.25) is 4.79 Å². The van der Waals surface area contributed by atoms with Crippen LogP contribution in [-0.4, -0.2) is 18.3 Å². The average Bonchev–Trinajstić information content (AvgIpc) is 2.02. The van der Waals surface area contributed by atoms with E-state index in [0.29, 0.717) is 6.61 Å². The highest BCUT2D eigenvalue weighted by molar-refractivity contribution is 9.12. The lowest BCUT2D eigenvalue weighted by molar-refractivity contribution is -0.112. The lowest BCUT2D eigenvalue weighted by Gasteiger charge is -2.01. The van der Waals surface area contributed by atoms with Crippen molar-refractivity contribution in [3.63, 3.8) is 0 Å². The summed E-state index contributed by atoms with van der Waals surface area (Å²) in [5.74, 6) is -0.394. The Morgan fingerprint density at radius 3 is 2.55 bits per heavy atom. The molecule has 0 aliphatic rings. The number of Topliss-reactive ketones (excluding diaryl/α,β-unsaturated/α-hetero) is 1. The lowest BCUT2D eigenvalue weighted by Crippen LogP contribution is -2.01. The normalized spacial score (nSPS) is 12.4. The molecule has 0 spiro atoms. The number of allylic oxidation sites excluding steroid dienone is 1. The number of halogens is 3. The van der Waals surface area contributed by atoms with Gasteiger partial charge in [-0.15, -0.1) is 11.6 Å². The monoisotopic (exact) mass is 260 g/mol. The van der Waals surface area contributed by atoms with Crippen LogP contribution in [0.2, 0.25) is 0 Å². The van der Waals surface area contributed by atoms with Crippen molar-refractivity contribution in [2.24, 2.45) is 0 Å². The van der Waals surface area contributed by atoms with E-state index in [1.807, 2.05) is 0 Å². The van der Waals surface area contributed by atoms with Crippen LogP contribution in [0.1, 0.15) is 6.92 Å². The first-order chi connectivity index (χ1) is 5.13. The molecule has 0 aromatic heterocycles. The third-order valence-corrected chi connectivity index (χ3v) is 2.38. The van der Waals surface area contributed by atoms with Crippen molar-refractivity contribution >= 4 is 44.9 Å². The first-order valence-corrected chi connectivity index (χ1v) is 4.61. The van der Waals surface area contributed by atoms with Gasteiger partial charge in [0, 0.05) is 0 Å². The first-order valence-electron chi connectivity index (χ1n) is 2.90. The number of hydrogen-bond donors (Lipinski definition) is 0. The molecule has 0 aromatic rings. The summed E-state index contributed by atoms with van der Waals surface area (Å²) in [4.78, 5) is 10.8. The van der Waals surface area contributed by atoms with Gasteiger partial charge in [0.1, 0.15) is 4.48 Å². The quantitative estimate of drug-likeness (QED) is 0.442. The van der Waals surface area contributed by atoms with Crippen molar-refractivity contribution in [1.82, 2.24) is 0 Å². The minimum absolute atomic E-state index is 0.0538. The second-order valence-electron chi connectivity index (χ2n) is 1.58. The summed E-state index contributed by atoms with van der Waals surface area (Å²) in [6, 6.07) is 0. The lowest BCUT2D eigenvalue weighted by atomic mass is 10.4. The molecule has 0 aliphatic heterocycles. The molecule has 5 heteroatoms. The molecule has 0 radical (unpaired) electrons. The van der Waals surface area contributed by atoms with Gasteiger partial charge in [-0.1, -0.05) is 0 Å². The maximum Gasteiger partial charge on any atom is 0.205 e. The highest BCUT2D eigenvalue weighted by Gasteiger charge is 2.10. The molecule has 11 heavy (non-hydrogen) atoms. The summed E-state index contributed by atoms with van der Waals surface area (Å²) < 4.78 is 5.04. The number of carbonyl (C=O) groups excluding carboxylic acids is 1. The molecule has 0 fully saturated rings. The highest BCUT2D eigenvalue weighted by Crippen LogP contribution is 2.18. The van der Waals surface area contributed by atoms with Gasteiger partial charge >= 0.3 is 0 Å². The van der Waals surface area contributed by atoms with Gasteiger partial charge in [-0.2, -0.15) is 0 Å². The molecule has 64 valence electrons. The van der Waals surface area contributed by atoms with Crippen molar-refractivity contribution in [1.29, 1.82) is 0 Å². The molecule has 0 N–H and O–H groups in total. The van der Waals surface area contributed by atoms with Crippen LogP contribution >= 0.6 is 39.1 Å². The van der Waals surface area contributed by atoms with E-state index in [1.165, 1.54) is 0 Å². The number of ketones is 1. The van der Waals surface area contributed by atoms with Crippen LogP contribution in [-0.2, 0) is 9.53 Å². The Labute approximate surface area is 83.6 Å². The van der Waals surface area contributed by atoms with Crippen molar-refractivity contribution in [3.8, 4) is 0 Å². The second kappa shape index (κ2) is 5.86. The number of hydrogen-bond acceptors (Lipinski definition) is 2. The number of carbonyl (C=O) groups is 1. The van der Waals surface area contributed by atoms with Crippen molar-refractivity contribution < 1.29 is 9.53 Å². The molecule has 0 aliphatic carbocycles. The Hall–Kier alpha value is 0.270. The smallest absolute Gasteiger partial charge is 0.205 e. The average molecular weight is 262 g/mol. The summed E-state index contributed by atoms with van der Waals surface area (Å²) in [5, 5.41) is 0.0538. The molecule has 0 saturated heterocycles. The molecule has 0 bridgehead atoms. The van der Waals surface area contributed by atoms with Crippen LogP contribution in [0.4, 0.5) is 0 Å². The highest BCUT2D eigenvalue weighted by atomic mass is 79.9. The minimum atomic E-state index is -0.287. The molecule has 0 atom stereocenters. The molecule has 0 unspecified atom stereocenters. The predicted octanol–water partition coefficient (Wildman–Crippen LogP) is 2.63. The Balaban J connectivity index is 4.26. The molecular formula is C6H7BrCl2O2. The summed E-state index contributed by atoms with van der Waals surface area (Å²) in [6.07, 6.45) is 0. The summed E-state index contributed by atoms with van der Waals surface area (Å²) >= 11 is 13.8. The second-order valence-corrected chi connectivity index (χ2v) is 2.98. The molecule has 0 rings (SSSR count). The van der Waals surface area contributed by atoms with E-state index in [4.69, 9.17) is 27.9 Å². The number of ether oxygens (including phenoxy) is 1. The number of rotatable bonds is 4. The van der Waals surface area contributed by atoms with E-state index in [0.717, 1.165) is 0 Å². The van der Waals surface area contributed by atoms with E-state index in [2.05, 4.69) is 15.9 Å². The summed E-state index contributed by atoms with van der Waals surface area (Å²) in [7, 11) is 0. The first kappa shape index (κ1) is 11.3. The van der Waals surface area contributed by atoms with Crippen LogP contribution in [0, 0.1) is 0 Å². The zero-order chi connectivity index (χ0) is 8.85. The third-order valence-electron chi connectivity index (χ3n) is 0.810. The van der Waals surface area contributed by atoms with E-state index in [9.17, 15) is 4.79 Å². The summed E-state index contributed by atoms with van der Waals surface area (Å²) in [6.45, 7) is 2.19. The topological polar surface area (TPSA) is 26.3 Å². The zero-order valence-corrected chi connectivity index (χ0v) is 8.96. The maximum atomic E-state index is 10.8. The Bertz CT molecular complexity index is 179.